The Bertz CT molecular complexity index is 225. The highest BCUT2D eigenvalue weighted by Crippen LogP contribution is 2.30. The second-order valence-corrected chi connectivity index (χ2v) is 3.10. The van der Waals surface area contributed by atoms with Crippen molar-refractivity contribution in [1.82, 2.24) is 4.90 Å². The molecular formula is C9H15F4NO. The minimum absolute atomic E-state index is 0.227. The van der Waals surface area contributed by atoms with Crippen molar-refractivity contribution < 1.29 is 22.3 Å². The van der Waals surface area contributed by atoms with Crippen LogP contribution in [0.1, 0.15) is 19.8 Å². The van der Waals surface area contributed by atoms with Gasteiger partial charge in [-0.2, -0.15) is 17.6 Å². The van der Waals surface area contributed by atoms with Crippen LogP contribution in [0.3, 0.4) is 0 Å². The van der Waals surface area contributed by atoms with Crippen LogP contribution in [0.4, 0.5) is 17.6 Å². The summed E-state index contributed by atoms with van der Waals surface area (Å²) in [5.41, 5.74) is 0. The molecule has 0 amide bonds. The highest BCUT2D eigenvalue weighted by atomic mass is 19.4. The zero-order chi connectivity index (χ0) is 12.1. The van der Waals surface area contributed by atoms with Gasteiger partial charge in [0.25, 0.3) is 5.76 Å². The minimum Gasteiger partial charge on any atom is -0.489 e. The normalized spacial score (nSPS) is 13.5. The lowest BCUT2D eigenvalue weighted by Crippen LogP contribution is -2.24. The van der Waals surface area contributed by atoms with Gasteiger partial charge in [0.1, 0.15) is 0 Å². The number of methoxy groups -OCH3 is 1. The molecule has 0 N–H and O–H groups in total. The van der Waals surface area contributed by atoms with Crippen molar-refractivity contribution in [2.45, 2.75) is 25.9 Å². The van der Waals surface area contributed by atoms with Crippen LogP contribution in [0, 0.1) is 0 Å². The van der Waals surface area contributed by atoms with Crippen LogP contribution in [0.2, 0.25) is 0 Å². The van der Waals surface area contributed by atoms with E-state index in [4.69, 9.17) is 0 Å². The number of hydrogen-bond acceptors (Lipinski definition) is 2. The maximum Gasteiger partial charge on any atom is 0.453 e. The van der Waals surface area contributed by atoms with Crippen molar-refractivity contribution in [2.24, 2.45) is 0 Å². The van der Waals surface area contributed by atoms with E-state index in [1.165, 1.54) is 7.05 Å². The molecule has 0 aromatic rings. The Labute approximate surface area is 86.5 Å². The number of ether oxygens (including phenoxy) is 1. The molecule has 0 aromatic carbocycles. The van der Waals surface area contributed by atoms with Gasteiger partial charge in [-0.1, -0.05) is 13.3 Å². The molecule has 0 aromatic heterocycles. The van der Waals surface area contributed by atoms with Gasteiger partial charge in [0.05, 0.1) is 7.11 Å². The first kappa shape index (κ1) is 14.1. The summed E-state index contributed by atoms with van der Waals surface area (Å²) < 4.78 is 53.9. The molecule has 0 fully saturated rings. The standard InChI is InChI=1S/C9H15F4NO/c1-4-5-6-14(2)8(10)7(15-3)9(11,12)13/h4-6H2,1-3H3/b8-7-. The van der Waals surface area contributed by atoms with Gasteiger partial charge in [-0.05, 0) is 6.42 Å². The van der Waals surface area contributed by atoms with E-state index >= 15 is 0 Å². The van der Waals surface area contributed by atoms with E-state index < -0.39 is 17.9 Å². The van der Waals surface area contributed by atoms with Crippen LogP contribution in [0.25, 0.3) is 0 Å². The lowest BCUT2D eigenvalue weighted by Gasteiger charge is -2.19. The van der Waals surface area contributed by atoms with E-state index in [1.54, 1.807) is 0 Å². The van der Waals surface area contributed by atoms with E-state index in [0.29, 0.717) is 6.42 Å². The van der Waals surface area contributed by atoms with E-state index in [9.17, 15) is 17.6 Å². The average Bonchev–Trinajstić information content (AvgIpc) is 2.12. The Kier molecular flexibility index (Phi) is 5.46. The summed E-state index contributed by atoms with van der Waals surface area (Å²) in [6.07, 6.45) is -3.38. The monoisotopic (exact) mass is 229 g/mol. The smallest absolute Gasteiger partial charge is 0.453 e. The fraction of sp³-hybridized carbons (Fsp3) is 0.778. The Balaban J connectivity index is 4.71. The molecule has 0 aliphatic carbocycles. The highest BCUT2D eigenvalue weighted by Gasteiger charge is 2.40. The lowest BCUT2D eigenvalue weighted by molar-refractivity contribution is -0.131. The first-order chi connectivity index (χ1) is 6.84. The van der Waals surface area contributed by atoms with Crippen LogP contribution < -0.4 is 0 Å². The second kappa shape index (κ2) is 5.82. The molecule has 0 rings (SSSR count). The number of halogens is 4. The van der Waals surface area contributed by atoms with E-state index in [-0.39, 0.29) is 6.54 Å². The number of alkyl halides is 3. The molecule has 0 heterocycles. The van der Waals surface area contributed by atoms with Crippen molar-refractivity contribution in [3.63, 3.8) is 0 Å². The molecule has 0 atom stereocenters. The average molecular weight is 229 g/mol. The SMILES string of the molecule is CCCCN(C)/C(F)=C(\OC)C(F)(F)F. The van der Waals surface area contributed by atoms with E-state index in [0.717, 1.165) is 18.4 Å². The molecule has 6 heteroatoms. The summed E-state index contributed by atoms with van der Waals surface area (Å²) >= 11 is 0. The first-order valence-corrected chi connectivity index (χ1v) is 4.56. The molecule has 0 aliphatic rings. The summed E-state index contributed by atoms with van der Waals surface area (Å²) in [5.74, 6) is -2.96. The third-order valence-corrected chi connectivity index (χ3v) is 1.83. The molecule has 90 valence electrons. The van der Waals surface area contributed by atoms with Gasteiger partial charge in [-0.3, -0.25) is 0 Å². The van der Waals surface area contributed by atoms with Crippen LogP contribution >= 0.6 is 0 Å². The number of allylic oxidation sites excluding steroid dienone is 1. The molecule has 0 saturated carbocycles. The Morgan fingerprint density at radius 2 is 1.87 bits per heavy atom. The van der Waals surface area contributed by atoms with Crippen molar-refractivity contribution in [2.75, 3.05) is 20.7 Å². The Morgan fingerprint density at radius 3 is 2.20 bits per heavy atom. The van der Waals surface area contributed by atoms with E-state index in [2.05, 4.69) is 4.74 Å². The van der Waals surface area contributed by atoms with Gasteiger partial charge in [-0.25, -0.2) is 0 Å². The molecule has 15 heavy (non-hydrogen) atoms. The Hall–Kier alpha value is -0.940. The van der Waals surface area contributed by atoms with Crippen LogP contribution in [-0.4, -0.2) is 31.8 Å². The van der Waals surface area contributed by atoms with Crippen LogP contribution in [0.15, 0.2) is 11.7 Å². The van der Waals surface area contributed by atoms with Gasteiger partial charge >= 0.3 is 6.18 Å². The highest BCUT2D eigenvalue weighted by molar-refractivity contribution is 5.05. The molecule has 0 spiro atoms. The fourth-order valence-electron chi connectivity index (χ4n) is 0.984. The summed E-state index contributed by atoms with van der Waals surface area (Å²) in [4.78, 5) is 0.899. The quantitative estimate of drug-likeness (QED) is 0.408. The van der Waals surface area contributed by atoms with Gasteiger partial charge in [0.15, 0.2) is 0 Å². The summed E-state index contributed by atoms with van der Waals surface area (Å²) in [6.45, 7) is 2.10. The van der Waals surface area contributed by atoms with E-state index in [1.807, 2.05) is 6.92 Å². The fourth-order valence-corrected chi connectivity index (χ4v) is 0.984. The topological polar surface area (TPSA) is 12.5 Å². The summed E-state index contributed by atoms with van der Waals surface area (Å²) in [7, 11) is 2.06. The zero-order valence-corrected chi connectivity index (χ0v) is 8.99. The molecule has 2 nitrogen and oxygen atoms in total. The Morgan fingerprint density at radius 1 is 1.33 bits per heavy atom. The zero-order valence-electron chi connectivity index (χ0n) is 8.99. The number of nitrogens with zero attached hydrogens (tertiary/aromatic N) is 1. The molecule has 0 saturated heterocycles. The molecule has 0 radical (unpaired) electrons. The van der Waals surface area contributed by atoms with Crippen molar-refractivity contribution in [1.29, 1.82) is 0 Å². The number of hydrogen-bond donors (Lipinski definition) is 0. The third-order valence-electron chi connectivity index (χ3n) is 1.83. The largest absolute Gasteiger partial charge is 0.489 e. The molecular weight excluding hydrogens is 214 g/mol. The van der Waals surface area contributed by atoms with Gasteiger partial charge in [-0.15, -0.1) is 0 Å². The van der Waals surface area contributed by atoms with Crippen LogP contribution in [-0.2, 0) is 4.74 Å². The minimum atomic E-state index is -4.79. The molecule has 0 aliphatic heterocycles. The van der Waals surface area contributed by atoms with Crippen LogP contribution in [0.5, 0.6) is 0 Å². The predicted octanol–water partition coefficient (Wildman–Crippen LogP) is 3.07. The predicted molar refractivity (Wildman–Crippen MR) is 48.7 cm³/mol. The number of rotatable bonds is 5. The van der Waals surface area contributed by atoms with Gasteiger partial charge in [0.2, 0.25) is 5.95 Å². The third kappa shape index (κ3) is 4.40. The van der Waals surface area contributed by atoms with Gasteiger partial charge < -0.3 is 9.64 Å². The molecule has 0 bridgehead atoms. The maximum atomic E-state index is 13.2. The van der Waals surface area contributed by atoms with Crippen molar-refractivity contribution >= 4 is 0 Å². The van der Waals surface area contributed by atoms with Crippen molar-refractivity contribution in [3.8, 4) is 0 Å². The maximum absolute atomic E-state index is 13.2. The summed E-state index contributed by atoms with van der Waals surface area (Å²) in [6, 6.07) is 0. The first-order valence-electron chi connectivity index (χ1n) is 4.56. The van der Waals surface area contributed by atoms with Gasteiger partial charge in [0, 0.05) is 13.6 Å². The lowest BCUT2D eigenvalue weighted by atomic mass is 10.3. The molecule has 0 unspecified atom stereocenters. The van der Waals surface area contributed by atoms with Crippen molar-refractivity contribution in [3.05, 3.63) is 11.7 Å². The second-order valence-electron chi connectivity index (χ2n) is 3.10. The number of unbranched alkanes of at least 4 members (excludes halogenated alkanes) is 1. The summed E-state index contributed by atoms with van der Waals surface area (Å²) in [5, 5.41) is 0.